The number of ether oxygens (including phenoxy) is 1. The second-order valence-electron chi connectivity index (χ2n) is 7.75. The summed E-state index contributed by atoms with van der Waals surface area (Å²) in [7, 11) is -1.77. The molecule has 0 heterocycles. The number of hydrogen-bond donors (Lipinski definition) is 1. The average Bonchev–Trinajstić information content (AvgIpc) is 2.35. The molecule has 1 fully saturated rings. The topological polar surface area (TPSA) is 55.8 Å². The van der Waals surface area contributed by atoms with Gasteiger partial charge < -0.3 is 14.3 Å². The Morgan fingerprint density at radius 2 is 1.86 bits per heavy atom. The SMILES string of the molecule is CCOC(=O)[C@@H]1C[C@H](O)C[C@@H](CO[Si](C)(C)C(C)(C)C)C1. The fourth-order valence-electron chi connectivity index (χ4n) is 2.54. The standard InChI is InChI=1S/C16H32O4Si/c1-7-19-15(18)13-8-12(9-14(17)10-13)11-20-21(5,6)16(2,3)4/h12-14,17H,7-11H2,1-6H3/t12-,13-,14+/m0/s1. The second kappa shape index (κ2) is 7.25. The van der Waals surface area contributed by atoms with Crippen LogP contribution in [0.4, 0.5) is 0 Å². The molecule has 1 rings (SSSR count). The average molecular weight is 317 g/mol. The number of carbonyl (C=O) groups is 1. The van der Waals surface area contributed by atoms with Gasteiger partial charge in [0.25, 0.3) is 0 Å². The van der Waals surface area contributed by atoms with Gasteiger partial charge in [0.15, 0.2) is 8.32 Å². The Bertz CT molecular complexity index is 349. The predicted octanol–water partition coefficient (Wildman–Crippen LogP) is 3.35. The summed E-state index contributed by atoms with van der Waals surface area (Å²) in [6, 6.07) is 0. The van der Waals surface area contributed by atoms with Crippen LogP contribution >= 0.6 is 0 Å². The van der Waals surface area contributed by atoms with Gasteiger partial charge in [0, 0.05) is 6.61 Å². The van der Waals surface area contributed by atoms with E-state index < -0.39 is 14.4 Å². The largest absolute Gasteiger partial charge is 0.466 e. The van der Waals surface area contributed by atoms with Gasteiger partial charge in [-0.25, -0.2) is 0 Å². The van der Waals surface area contributed by atoms with Crippen LogP contribution in [0.15, 0.2) is 0 Å². The van der Waals surface area contributed by atoms with E-state index in [1.807, 2.05) is 6.92 Å². The highest BCUT2D eigenvalue weighted by Crippen LogP contribution is 2.38. The quantitative estimate of drug-likeness (QED) is 0.624. The molecular formula is C16H32O4Si. The molecule has 21 heavy (non-hydrogen) atoms. The smallest absolute Gasteiger partial charge is 0.309 e. The van der Waals surface area contributed by atoms with Crippen LogP contribution in [-0.2, 0) is 14.0 Å². The molecule has 0 aromatic carbocycles. The molecule has 0 bridgehead atoms. The van der Waals surface area contributed by atoms with Crippen LogP contribution in [-0.4, -0.2) is 38.7 Å². The van der Waals surface area contributed by atoms with Crippen molar-refractivity contribution in [1.82, 2.24) is 0 Å². The lowest BCUT2D eigenvalue weighted by atomic mass is 9.80. The van der Waals surface area contributed by atoms with Crippen molar-refractivity contribution in [2.45, 2.75) is 71.2 Å². The van der Waals surface area contributed by atoms with Gasteiger partial charge in [-0.1, -0.05) is 20.8 Å². The molecule has 5 heteroatoms. The molecule has 0 aromatic heterocycles. The Balaban J connectivity index is 2.57. The molecule has 1 N–H and O–H groups in total. The van der Waals surface area contributed by atoms with Crippen LogP contribution in [0.1, 0.15) is 47.0 Å². The lowest BCUT2D eigenvalue weighted by Crippen LogP contribution is -2.43. The highest BCUT2D eigenvalue weighted by Gasteiger charge is 2.39. The molecular weight excluding hydrogens is 284 g/mol. The van der Waals surface area contributed by atoms with Gasteiger partial charge in [-0.05, 0) is 50.2 Å². The maximum atomic E-state index is 11.9. The van der Waals surface area contributed by atoms with E-state index in [1.54, 1.807) is 0 Å². The van der Waals surface area contributed by atoms with Crippen molar-refractivity contribution in [2.24, 2.45) is 11.8 Å². The molecule has 1 saturated carbocycles. The Morgan fingerprint density at radius 3 is 2.38 bits per heavy atom. The predicted molar refractivity (Wildman–Crippen MR) is 86.6 cm³/mol. The van der Waals surface area contributed by atoms with Crippen LogP contribution in [0.25, 0.3) is 0 Å². The lowest BCUT2D eigenvalue weighted by Gasteiger charge is -2.39. The van der Waals surface area contributed by atoms with E-state index in [1.165, 1.54) is 0 Å². The Hall–Kier alpha value is -0.393. The molecule has 1 aliphatic rings. The Morgan fingerprint density at radius 1 is 1.24 bits per heavy atom. The number of aliphatic hydroxyl groups is 1. The van der Waals surface area contributed by atoms with E-state index in [0.717, 1.165) is 12.8 Å². The molecule has 0 radical (unpaired) electrons. The molecule has 4 nitrogen and oxygen atoms in total. The van der Waals surface area contributed by atoms with Crippen molar-refractivity contribution >= 4 is 14.3 Å². The third-order valence-corrected chi connectivity index (χ3v) is 9.39. The van der Waals surface area contributed by atoms with E-state index in [-0.39, 0.29) is 22.8 Å². The van der Waals surface area contributed by atoms with Gasteiger partial charge in [0.05, 0.1) is 18.6 Å². The first-order chi connectivity index (χ1) is 9.56. The summed E-state index contributed by atoms with van der Waals surface area (Å²) >= 11 is 0. The molecule has 0 aromatic rings. The van der Waals surface area contributed by atoms with Crippen molar-refractivity contribution in [1.29, 1.82) is 0 Å². The van der Waals surface area contributed by atoms with Crippen LogP contribution in [0.2, 0.25) is 18.1 Å². The molecule has 0 amide bonds. The van der Waals surface area contributed by atoms with Crippen molar-refractivity contribution < 1.29 is 19.1 Å². The van der Waals surface area contributed by atoms with Gasteiger partial charge in [0.2, 0.25) is 0 Å². The maximum absolute atomic E-state index is 11.9. The summed E-state index contributed by atoms with van der Waals surface area (Å²) in [5.41, 5.74) is 0. The number of aliphatic hydroxyl groups excluding tert-OH is 1. The zero-order valence-electron chi connectivity index (χ0n) is 14.4. The lowest BCUT2D eigenvalue weighted by molar-refractivity contribution is -0.151. The van der Waals surface area contributed by atoms with Gasteiger partial charge in [0.1, 0.15) is 0 Å². The molecule has 0 spiro atoms. The third-order valence-electron chi connectivity index (χ3n) is 4.89. The minimum absolute atomic E-state index is 0.173. The third kappa shape index (κ3) is 5.38. The van der Waals surface area contributed by atoms with Crippen molar-refractivity contribution in [2.75, 3.05) is 13.2 Å². The molecule has 0 saturated heterocycles. The van der Waals surface area contributed by atoms with E-state index in [0.29, 0.717) is 19.6 Å². The summed E-state index contributed by atoms with van der Waals surface area (Å²) < 4.78 is 11.3. The summed E-state index contributed by atoms with van der Waals surface area (Å²) in [6.45, 7) is 14.0. The molecule has 124 valence electrons. The number of hydrogen-bond acceptors (Lipinski definition) is 4. The van der Waals surface area contributed by atoms with Gasteiger partial charge in [-0.2, -0.15) is 0 Å². The maximum Gasteiger partial charge on any atom is 0.309 e. The Kier molecular flexibility index (Phi) is 6.44. The minimum Gasteiger partial charge on any atom is -0.466 e. The summed E-state index contributed by atoms with van der Waals surface area (Å²) in [5, 5.41) is 10.2. The summed E-state index contributed by atoms with van der Waals surface area (Å²) in [5.74, 6) is -0.104. The number of carbonyl (C=O) groups excluding carboxylic acids is 1. The highest BCUT2D eigenvalue weighted by atomic mass is 28.4. The van der Waals surface area contributed by atoms with E-state index in [9.17, 15) is 9.90 Å². The monoisotopic (exact) mass is 316 g/mol. The number of rotatable bonds is 5. The second-order valence-corrected chi connectivity index (χ2v) is 12.6. The van der Waals surface area contributed by atoms with E-state index in [4.69, 9.17) is 9.16 Å². The first-order valence-corrected chi connectivity index (χ1v) is 11.0. The normalized spacial score (nSPS) is 27.5. The molecule has 0 unspecified atom stereocenters. The summed E-state index contributed by atoms with van der Waals surface area (Å²) in [6.07, 6.45) is 1.60. The van der Waals surface area contributed by atoms with Crippen LogP contribution in [0, 0.1) is 11.8 Å². The molecule has 3 atom stereocenters. The molecule has 0 aliphatic heterocycles. The molecule has 1 aliphatic carbocycles. The van der Waals surface area contributed by atoms with Gasteiger partial charge >= 0.3 is 5.97 Å². The van der Waals surface area contributed by atoms with E-state index in [2.05, 4.69) is 33.9 Å². The van der Waals surface area contributed by atoms with Crippen molar-refractivity contribution in [3.05, 3.63) is 0 Å². The number of esters is 1. The van der Waals surface area contributed by atoms with Gasteiger partial charge in [-0.15, -0.1) is 0 Å². The van der Waals surface area contributed by atoms with Crippen LogP contribution in [0.3, 0.4) is 0 Å². The fraction of sp³-hybridized carbons (Fsp3) is 0.938. The zero-order valence-corrected chi connectivity index (χ0v) is 15.4. The minimum atomic E-state index is -1.77. The van der Waals surface area contributed by atoms with Crippen molar-refractivity contribution in [3.8, 4) is 0 Å². The van der Waals surface area contributed by atoms with Crippen LogP contribution in [0.5, 0.6) is 0 Å². The first-order valence-electron chi connectivity index (χ1n) is 8.05. The van der Waals surface area contributed by atoms with Gasteiger partial charge in [-0.3, -0.25) is 4.79 Å². The zero-order chi connectivity index (χ0) is 16.3. The summed E-state index contributed by atoms with van der Waals surface area (Å²) in [4.78, 5) is 11.9. The van der Waals surface area contributed by atoms with E-state index >= 15 is 0 Å². The van der Waals surface area contributed by atoms with Crippen LogP contribution < -0.4 is 0 Å². The fourth-order valence-corrected chi connectivity index (χ4v) is 3.62. The highest BCUT2D eigenvalue weighted by molar-refractivity contribution is 6.74. The Labute approximate surface area is 130 Å². The first kappa shape index (κ1) is 18.7. The van der Waals surface area contributed by atoms with Crippen molar-refractivity contribution in [3.63, 3.8) is 0 Å².